The van der Waals surface area contributed by atoms with E-state index in [1.54, 1.807) is 24.7 Å². The minimum atomic E-state index is -0.230. The first-order valence-corrected chi connectivity index (χ1v) is 9.06. The first kappa shape index (κ1) is 17.8. The van der Waals surface area contributed by atoms with Gasteiger partial charge >= 0.3 is 0 Å². The lowest BCUT2D eigenvalue weighted by molar-refractivity contribution is -0.113. The summed E-state index contributed by atoms with van der Waals surface area (Å²) < 4.78 is 7.12. The van der Waals surface area contributed by atoms with Crippen molar-refractivity contribution in [1.82, 2.24) is 14.8 Å². The number of furan rings is 1. The van der Waals surface area contributed by atoms with Gasteiger partial charge in [-0.2, -0.15) is 0 Å². The van der Waals surface area contributed by atoms with Crippen molar-refractivity contribution in [2.45, 2.75) is 18.6 Å². The highest BCUT2D eigenvalue weighted by atomic mass is 35.5. The van der Waals surface area contributed by atoms with E-state index in [0.29, 0.717) is 27.4 Å². The van der Waals surface area contributed by atoms with Crippen LogP contribution >= 0.6 is 35.0 Å². The predicted octanol–water partition coefficient (Wildman–Crippen LogP) is 4.27. The number of halogens is 2. The smallest absolute Gasteiger partial charge is 0.234 e. The Morgan fingerprint density at radius 3 is 2.96 bits per heavy atom. The van der Waals surface area contributed by atoms with Gasteiger partial charge in [0, 0.05) is 0 Å². The van der Waals surface area contributed by atoms with Gasteiger partial charge in [0.05, 0.1) is 34.3 Å². The van der Waals surface area contributed by atoms with Gasteiger partial charge in [0.15, 0.2) is 5.16 Å². The van der Waals surface area contributed by atoms with E-state index < -0.39 is 0 Å². The SMILES string of the molecule is Cc1ccc(Cl)c(NC(=O)CSc2nncn2Cc2ccco2)c1Cl. The van der Waals surface area contributed by atoms with Gasteiger partial charge in [-0.3, -0.25) is 4.79 Å². The maximum Gasteiger partial charge on any atom is 0.234 e. The van der Waals surface area contributed by atoms with E-state index in [2.05, 4.69) is 15.5 Å². The normalized spacial score (nSPS) is 10.8. The summed E-state index contributed by atoms with van der Waals surface area (Å²) in [5.41, 5.74) is 1.26. The molecule has 0 aliphatic carbocycles. The fourth-order valence-electron chi connectivity index (χ4n) is 2.11. The quantitative estimate of drug-likeness (QED) is 0.629. The minimum absolute atomic E-state index is 0.150. The van der Waals surface area contributed by atoms with Crippen molar-refractivity contribution in [2.75, 3.05) is 11.1 Å². The monoisotopic (exact) mass is 396 g/mol. The summed E-state index contributed by atoms with van der Waals surface area (Å²) in [7, 11) is 0. The van der Waals surface area contributed by atoms with Crippen molar-refractivity contribution in [3.05, 3.63) is 58.2 Å². The van der Waals surface area contributed by atoms with Crippen molar-refractivity contribution in [3.8, 4) is 0 Å². The lowest BCUT2D eigenvalue weighted by atomic mass is 10.2. The minimum Gasteiger partial charge on any atom is -0.467 e. The van der Waals surface area contributed by atoms with E-state index in [1.807, 2.05) is 23.6 Å². The molecule has 0 aliphatic rings. The van der Waals surface area contributed by atoms with Gasteiger partial charge in [-0.25, -0.2) is 0 Å². The molecule has 0 saturated heterocycles. The Morgan fingerprint density at radius 1 is 1.36 bits per heavy atom. The molecule has 3 aromatic rings. The van der Waals surface area contributed by atoms with Gasteiger partial charge < -0.3 is 14.3 Å². The van der Waals surface area contributed by atoms with E-state index in [9.17, 15) is 4.79 Å². The predicted molar refractivity (Wildman–Crippen MR) is 98.4 cm³/mol. The zero-order valence-corrected chi connectivity index (χ0v) is 15.5. The number of benzene rings is 1. The second-order valence-corrected chi connectivity index (χ2v) is 6.94. The summed E-state index contributed by atoms with van der Waals surface area (Å²) >= 11 is 13.6. The largest absolute Gasteiger partial charge is 0.467 e. The molecule has 0 unspecified atom stereocenters. The number of rotatable bonds is 6. The topological polar surface area (TPSA) is 73.0 Å². The van der Waals surface area contributed by atoms with Crippen LogP contribution < -0.4 is 5.32 Å². The van der Waals surface area contributed by atoms with Gasteiger partial charge in [0.1, 0.15) is 12.1 Å². The Hall–Kier alpha value is -1.96. The molecule has 2 heterocycles. The molecule has 9 heteroatoms. The van der Waals surface area contributed by atoms with Crippen molar-refractivity contribution in [3.63, 3.8) is 0 Å². The number of carbonyl (C=O) groups excluding carboxylic acids is 1. The van der Waals surface area contributed by atoms with E-state index >= 15 is 0 Å². The third-order valence-electron chi connectivity index (χ3n) is 3.37. The van der Waals surface area contributed by atoms with Gasteiger partial charge in [0.2, 0.25) is 5.91 Å². The number of thioether (sulfide) groups is 1. The Balaban J connectivity index is 1.62. The summed E-state index contributed by atoms with van der Waals surface area (Å²) in [5.74, 6) is 0.702. The standard InChI is InChI=1S/C16H14Cl2N4O2S/c1-10-4-5-12(17)15(14(10)18)20-13(23)8-25-16-21-19-9-22(16)7-11-3-2-6-24-11/h2-6,9H,7-8H2,1H3,(H,20,23). The zero-order chi connectivity index (χ0) is 17.8. The van der Waals surface area contributed by atoms with E-state index in [1.165, 1.54) is 11.8 Å². The highest BCUT2D eigenvalue weighted by molar-refractivity contribution is 7.99. The van der Waals surface area contributed by atoms with Crippen LogP contribution in [0.1, 0.15) is 11.3 Å². The molecule has 130 valence electrons. The molecule has 25 heavy (non-hydrogen) atoms. The number of nitrogens with zero attached hydrogens (tertiary/aromatic N) is 3. The van der Waals surface area contributed by atoms with Crippen molar-refractivity contribution < 1.29 is 9.21 Å². The van der Waals surface area contributed by atoms with Crippen LogP contribution in [-0.4, -0.2) is 26.4 Å². The molecule has 1 N–H and O–H groups in total. The molecule has 2 aromatic heterocycles. The Bertz CT molecular complexity index is 880. The summed E-state index contributed by atoms with van der Waals surface area (Å²) in [6, 6.07) is 7.18. The zero-order valence-electron chi connectivity index (χ0n) is 13.2. The first-order chi connectivity index (χ1) is 12.0. The van der Waals surface area contributed by atoms with Crippen LogP contribution in [0.2, 0.25) is 10.0 Å². The Kier molecular flexibility index (Phi) is 5.67. The summed E-state index contributed by atoms with van der Waals surface area (Å²) in [6.45, 7) is 2.35. The van der Waals surface area contributed by atoms with Crippen LogP contribution in [0.4, 0.5) is 5.69 Å². The number of hydrogen-bond donors (Lipinski definition) is 1. The van der Waals surface area contributed by atoms with E-state index in [0.717, 1.165) is 11.3 Å². The van der Waals surface area contributed by atoms with Crippen molar-refractivity contribution in [2.24, 2.45) is 0 Å². The van der Waals surface area contributed by atoms with Gasteiger partial charge in [-0.15, -0.1) is 10.2 Å². The van der Waals surface area contributed by atoms with Crippen LogP contribution in [-0.2, 0) is 11.3 Å². The molecule has 6 nitrogen and oxygen atoms in total. The van der Waals surface area contributed by atoms with E-state index in [4.69, 9.17) is 27.6 Å². The molecule has 0 bridgehead atoms. The average molecular weight is 397 g/mol. The molecule has 0 aliphatic heterocycles. The molecule has 1 amide bonds. The summed E-state index contributed by atoms with van der Waals surface area (Å²) in [4.78, 5) is 12.2. The van der Waals surface area contributed by atoms with Crippen molar-refractivity contribution >= 4 is 46.6 Å². The maximum absolute atomic E-state index is 12.2. The Labute approximate surface area is 158 Å². The molecule has 0 atom stereocenters. The second kappa shape index (κ2) is 7.95. The third-order valence-corrected chi connectivity index (χ3v) is 5.15. The molecule has 0 radical (unpaired) electrons. The number of hydrogen-bond acceptors (Lipinski definition) is 5. The van der Waals surface area contributed by atoms with Gasteiger partial charge in [-0.05, 0) is 30.7 Å². The highest BCUT2D eigenvalue weighted by Crippen LogP contribution is 2.33. The molecular weight excluding hydrogens is 383 g/mol. The summed E-state index contributed by atoms with van der Waals surface area (Å²) in [5, 5.41) is 12.1. The fourth-order valence-corrected chi connectivity index (χ4v) is 3.29. The molecule has 0 spiro atoms. The van der Waals surface area contributed by atoms with E-state index in [-0.39, 0.29) is 11.7 Å². The van der Waals surface area contributed by atoms with Crippen LogP contribution in [0.3, 0.4) is 0 Å². The van der Waals surface area contributed by atoms with Gasteiger partial charge in [0.25, 0.3) is 0 Å². The number of amides is 1. The molecule has 0 saturated carbocycles. The number of nitrogens with one attached hydrogen (secondary N) is 1. The lowest BCUT2D eigenvalue weighted by Gasteiger charge is -2.11. The number of aryl methyl sites for hydroxylation is 1. The maximum atomic E-state index is 12.2. The van der Waals surface area contributed by atoms with Gasteiger partial charge in [-0.1, -0.05) is 41.0 Å². The molecule has 1 aromatic carbocycles. The number of anilines is 1. The Morgan fingerprint density at radius 2 is 2.20 bits per heavy atom. The van der Waals surface area contributed by atoms with Crippen LogP contribution in [0.5, 0.6) is 0 Å². The average Bonchev–Trinajstić information content (AvgIpc) is 3.26. The fraction of sp³-hybridized carbons (Fsp3) is 0.188. The van der Waals surface area contributed by atoms with Crippen LogP contribution in [0.15, 0.2) is 46.4 Å². The summed E-state index contributed by atoms with van der Waals surface area (Å²) in [6.07, 6.45) is 3.20. The molecule has 0 fully saturated rings. The lowest BCUT2D eigenvalue weighted by Crippen LogP contribution is -2.15. The third kappa shape index (κ3) is 4.36. The first-order valence-electron chi connectivity index (χ1n) is 7.32. The van der Waals surface area contributed by atoms with Crippen LogP contribution in [0, 0.1) is 6.92 Å². The highest BCUT2D eigenvalue weighted by Gasteiger charge is 2.14. The van der Waals surface area contributed by atoms with Crippen molar-refractivity contribution in [1.29, 1.82) is 0 Å². The second-order valence-electron chi connectivity index (χ2n) is 5.21. The van der Waals surface area contributed by atoms with Crippen LogP contribution in [0.25, 0.3) is 0 Å². The molecule has 3 rings (SSSR count). The number of aromatic nitrogens is 3. The number of carbonyl (C=O) groups is 1. The molecular formula is C16H14Cl2N4O2S.